The molecule has 2 atom stereocenters. The molecule has 2 N–H and O–H groups in total. The van der Waals surface area contributed by atoms with Crippen LogP contribution >= 0.6 is 0 Å². The van der Waals surface area contributed by atoms with Crippen LogP contribution in [0.15, 0.2) is 29.2 Å². The van der Waals surface area contributed by atoms with E-state index < -0.39 is 17.9 Å². The van der Waals surface area contributed by atoms with Crippen molar-refractivity contribution in [2.24, 2.45) is 0 Å². The molecule has 1 aliphatic rings. The number of likely N-dealkylation sites (tertiary alicyclic amines) is 1. The number of β-amino-alcohol motifs (C(OH)–C–C–N with tert-alkyl or cyclic N) is 2. The molecule has 3 rings (SSSR count). The Balaban J connectivity index is 1.81. The minimum atomic E-state index is -0.934. The zero-order valence-corrected chi connectivity index (χ0v) is 10.6. The normalized spacial score (nSPS) is 22.6. The van der Waals surface area contributed by atoms with Gasteiger partial charge in [-0.25, -0.2) is 9.48 Å². The molecule has 106 valence electrons. The number of hydrogen-bond donors (Lipinski definition) is 2. The molecule has 0 unspecified atom stereocenters. The van der Waals surface area contributed by atoms with E-state index in [4.69, 9.17) is 0 Å². The summed E-state index contributed by atoms with van der Waals surface area (Å²) in [6.45, 7) is -0.0653. The maximum Gasteiger partial charge on any atom is 0.350 e. The average molecular weight is 278 g/mol. The van der Waals surface area contributed by atoms with E-state index in [0.29, 0.717) is 5.65 Å². The Bertz CT molecular complexity index is 697. The molecular formula is C12H14N4O4. The zero-order chi connectivity index (χ0) is 14.3. The lowest BCUT2D eigenvalue weighted by Gasteiger charge is -2.14. The Kier molecular flexibility index (Phi) is 3.03. The highest BCUT2D eigenvalue weighted by molar-refractivity contribution is 5.76. The van der Waals surface area contributed by atoms with Gasteiger partial charge in [0.2, 0.25) is 5.91 Å². The molecule has 1 aliphatic heterocycles. The number of carbonyl (C=O) groups is 1. The van der Waals surface area contributed by atoms with Crippen molar-refractivity contribution in [1.29, 1.82) is 0 Å². The highest BCUT2D eigenvalue weighted by Gasteiger charge is 2.32. The predicted molar refractivity (Wildman–Crippen MR) is 68.0 cm³/mol. The van der Waals surface area contributed by atoms with Crippen molar-refractivity contribution in [2.75, 3.05) is 13.1 Å². The van der Waals surface area contributed by atoms with Gasteiger partial charge in [0.1, 0.15) is 6.54 Å². The summed E-state index contributed by atoms with van der Waals surface area (Å²) >= 11 is 0. The first-order valence-electron chi connectivity index (χ1n) is 6.24. The van der Waals surface area contributed by atoms with Gasteiger partial charge in [0.25, 0.3) is 0 Å². The lowest BCUT2D eigenvalue weighted by atomic mass is 10.3. The molecule has 0 radical (unpaired) electrons. The summed E-state index contributed by atoms with van der Waals surface area (Å²) < 4.78 is 2.43. The summed E-state index contributed by atoms with van der Waals surface area (Å²) in [4.78, 5) is 25.4. The fourth-order valence-electron chi connectivity index (χ4n) is 2.27. The third kappa shape index (κ3) is 2.08. The van der Waals surface area contributed by atoms with Gasteiger partial charge in [-0.05, 0) is 12.1 Å². The number of fused-ring (bicyclic) bond motifs is 1. The number of aliphatic hydroxyl groups is 2. The first kappa shape index (κ1) is 12.8. The second-order valence-electron chi connectivity index (χ2n) is 4.80. The maximum atomic E-state index is 12.0. The van der Waals surface area contributed by atoms with Gasteiger partial charge in [0.05, 0.1) is 12.2 Å². The molecule has 1 saturated heterocycles. The van der Waals surface area contributed by atoms with E-state index in [0.717, 1.165) is 4.68 Å². The van der Waals surface area contributed by atoms with Crippen molar-refractivity contribution >= 4 is 11.6 Å². The van der Waals surface area contributed by atoms with Crippen LogP contribution in [0.4, 0.5) is 0 Å². The fourth-order valence-corrected chi connectivity index (χ4v) is 2.27. The molecule has 0 aromatic carbocycles. The Morgan fingerprint density at radius 3 is 2.65 bits per heavy atom. The van der Waals surface area contributed by atoms with Gasteiger partial charge in [-0.3, -0.25) is 9.20 Å². The molecule has 2 aromatic heterocycles. The molecule has 0 saturated carbocycles. The summed E-state index contributed by atoms with van der Waals surface area (Å²) in [7, 11) is 0. The summed E-state index contributed by atoms with van der Waals surface area (Å²) in [5.74, 6) is -0.355. The number of nitrogens with zero attached hydrogens (tertiary/aromatic N) is 4. The highest BCUT2D eigenvalue weighted by Crippen LogP contribution is 2.10. The second kappa shape index (κ2) is 4.73. The van der Waals surface area contributed by atoms with E-state index in [2.05, 4.69) is 5.10 Å². The number of pyridine rings is 1. The van der Waals surface area contributed by atoms with Gasteiger partial charge >= 0.3 is 5.69 Å². The molecule has 0 spiro atoms. The molecule has 20 heavy (non-hydrogen) atoms. The SMILES string of the molecule is O=C(Cn1nc2ccccn2c1=O)N1C[C@@H](O)[C@@H](O)C1. The summed E-state index contributed by atoms with van der Waals surface area (Å²) in [6.07, 6.45) is -0.289. The Hall–Kier alpha value is -2.19. The molecule has 1 amide bonds. The van der Waals surface area contributed by atoms with Crippen LogP contribution in [0.5, 0.6) is 0 Å². The van der Waals surface area contributed by atoms with E-state index in [9.17, 15) is 19.8 Å². The molecule has 0 aliphatic carbocycles. The smallest absolute Gasteiger partial charge is 0.350 e. The van der Waals surface area contributed by atoms with Crippen molar-refractivity contribution < 1.29 is 15.0 Å². The predicted octanol–water partition coefficient (Wildman–Crippen LogP) is -1.94. The molecule has 3 heterocycles. The topological polar surface area (TPSA) is 100 Å². The minimum absolute atomic E-state index is 0.0715. The molecule has 8 nitrogen and oxygen atoms in total. The van der Waals surface area contributed by atoms with Crippen LogP contribution < -0.4 is 5.69 Å². The number of rotatable bonds is 2. The van der Waals surface area contributed by atoms with Gasteiger partial charge in [-0.15, -0.1) is 5.10 Å². The van der Waals surface area contributed by atoms with Crippen molar-refractivity contribution in [3.8, 4) is 0 Å². The third-order valence-corrected chi connectivity index (χ3v) is 3.39. The highest BCUT2D eigenvalue weighted by atomic mass is 16.3. The average Bonchev–Trinajstić information content (AvgIpc) is 2.92. The fraction of sp³-hybridized carbons (Fsp3) is 0.417. The van der Waals surface area contributed by atoms with Crippen molar-refractivity contribution in [1.82, 2.24) is 19.1 Å². The Morgan fingerprint density at radius 2 is 2.00 bits per heavy atom. The second-order valence-corrected chi connectivity index (χ2v) is 4.80. The summed E-state index contributed by atoms with van der Waals surface area (Å²) in [5.41, 5.74) is 0.0704. The molecule has 1 fully saturated rings. The van der Waals surface area contributed by atoms with E-state index in [1.807, 2.05) is 0 Å². The van der Waals surface area contributed by atoms with Gasteiger partial charge in [-0.2, -0.15) is 0 Å². The summed E-state index contributed by atoms with van der Waals surface area (Å²) in [6, 6.07) is 5.13. The Labute approximate surface area is 113 Å². The van der Waals surface area contributed by atoms with Crippen LogP contribution in [-0.4, -0.2) is 60.5 Å². The number of carbonyl (C=O) groups excluding carboxylic acids is 1. The largest absolute Gasteiger partial charge is 0.388 e. The molecular weight excluding hydrogens is 264 g/mol. The van der Waals surface area contributed by atoms with Gasteiger partial charge in [0.15, 0.2) is 5.65 Å². The van der Waals surface area contributed by atoms with Crippen LogP contribution in [0.3, 0.4) is 0 Å². The number of amides is 1. The number of aliphatic hydroxyl groups excluding tert-OH is 2. The monoisotopic (exact) mass is 278 g/mol. The summed E-state index contributed by atoms with van der Waals surface area (Å²) in [5, 5.41) is 22.9. The van der Waals surface area contributed by atoms with Crippen molar-refractivity contribution in [3.63, 3.8) is 0 Å². The first-order valence-corrected chi connectivity index (χ1v) is 6.24. The lowest BCUT2D eigenvalue weighted by molar-refractivity contribution is -0.131. The van der Waals surface area contributed by atoms with Crippen LogP contribution in [-0.2, 0) is 11.3 Å². The lowest BCUT2D eigenvalue weighted by Crippen LogP contribution is -2.36. The molecule has 2 aromatic rings. The van der Waals surface area contributed by atoms with Crippen molar-refractivity contribution in [3.05, 3.63) is 34.9 Å². The van der Waals surface area contributed by atoms with Crippen molar-refractivity contribution in [2.45, 2.75) is 18.8 Å². The zero-order valence-electron chi connectivity index (χ0n) is 10.6. The maximum absolute atomic E-state index is 12.0. The van der Waals surface area contributed by atoms with Crippen LogP contribution in [0, 0.1) is 0 Å². The van der Waals surface area contributed by atoms with Crippen LogP contribution in [0.25, 0.3) is 5.65 Å². The molecule has 0 bridgehead atoms. The first-order chi connectivity index (χ1) is 9.56. The number of hydrogen-bond acceptors (Lipinski definition) is 5. The number of aromatic nitrogens is 3. The standard InChI is InChI=1S/C12H14N4O4/c17-8-5-14(6-9(8)18)11(19)7-16-12(20)15-4-2-1-3-10(15)13-16/h1-4,8-9,17-18H,5-7H2/t8-,9+. The van der Waals surface area contributed by atoms with E-state index in [1.165, 1.54) is 9.30 Å². The molecule has 8 heteroatoms. The van der Waals surface area contributed by atoms with Gasteiger partial charge in [-0.1, -0.05) is 6.07 Å². The third-order valence-electron chi connectivity index (χ3n) is 3.39. The quantitative estimate of drug-likeness (QED) is 0.666. The van der Waals surface area contributed by atoms with Crippen LogP contribution in [0.1, 0.15) is 0 Å². The van der Waals surface area contributed by atoms with E-state index in [1.54, 1.807) is 24.4 Å². The van der Waals surface area contributed by atoms with E-state index >= 15 is 0 Å². The van der Waals surface area contributed by atoms with E-state index in [-0.39, 0.29) is 25.5 Å². The van der Waals surface area contributed by atoms with Gasteiger partial charge < -0.3 is 15.1 Å². The Morgan fingerprint density at radius 1 is 1.30 bits per heavy atom. The minimum Gasteiger partial charge on any atom is -0.388 e. The van der Waals surface area contributed by atoms with Gasteiger partial charge in [0, 0.05) is 19.3 Å². The van der Waals surface area contributed by atoms with Crippen LogP contribution in [0.2, 0.25) is 0 Å².